The van der Waals surface area contributed by atoms with E-state index >= 15 is 0 Å². The molecule has 0 N–H and O–H groups in total. The first kappa shape index (κ1) is 19.0. The molecule has 0 aliphatic rings. The maximum absolute atomic E-state index is 12.2. The minimum absolute atomic E-state index is 0.190. The predicted octanol–water partition coefficient (Wildman–Crippen LogP) is 4.17. The highest BCUT2D eigenvalue weighted by atomic mass is 35.5. The lowest BCUT2D eigenvalue weighted by atomic mass is 10.0. The van der Waals surface area contributed by atoms with Crippen molar-refractivity contribution in [1.29, 1.82) is 0 Å². The van der Waals surface area contributed by atoms with Crippen LogP contribution in [0, 0.1) is 6.92 Å². The maximum atomic E-state index is 12.2. The number of tetrazole rings is 1. The summed E-state index contributed by atoms with van der Waals surface area (Å²) in [6.45, 7) is 2.25. The third-order valence-corrected chi connectivity index (χ3v) is 5.00. The lowest BCUT2D eigenvalue weighted by Gasteiger charge is -2.13. The third kappa shape index (κ3) is 3.93. The minimum Gasteiger partial charge on any atom is -0.489 e. The smallest absolute Gasteiger partial charge is 0.368 e. The molecule has 0 aliphatic carbocycles. The molecule has 0 radical (unpaired) electrons. The van der Waals surface area contributed by atoms with Crippen molar-refractivity contribution in [2.75, 3.05) is 0 Å². The summed E-state index contributed by atoms with van der Waals surface area (Å²) in [5.41, 5.74) is 4.25. The van der Waals surface area contributed by atoms with Gasteiger partial charge in [0.1, 0.15) is 12.4 Å². The minimum atomic E-state index is -0.352. The number of nitrogens with zero attached hydrogens (tertiary/aromatic N) is 4. The first-order valence-corrected chi connectivity index (χ1v) is 9.47. The highest BCUT2D eigenvalue weighted by Gasteiger charge is 2.14. The van der Waals surface area contributed by atoms with Gasteiger partial charge < -0.3 is 4.74 Å². The van der Waals surface area contributed by atoms with E-state index in [1.54, 1.807) is 25.2 Å². The SMILES string of the molecule is Cc1ccc(-c2cccc(OCc3c(Cl)cccc3-n3nnn(C)c3=O)c2)cc1. The fraction of sp³-hybridized carbons (Fsp3) is 0.136. The zero-order chi connectivity index (χ0) is 20.4. The topological polar surface area (TPSA) is 61.9 Å². The molecule has 29 heavy (non-hydrogen) atoms. The summed E-state index contributed by atoms with van der Waals surface area (Å²) in [7, 11) is 1.54. The van der Waals surface area contributed by atoms with Crippen LogP contribution in [0.4, 0.5) is 0 Å². The first-order chi connectivity index (χ1) is 14.0. The Kier molecular flexibility index (Phi) is 5.18. The number of halogens is 1. The molecule has 6 nitrogen and oxygen atoms in total. The fourth-order valence-electron chi connectivity index (χ4n) is 3.02. The van der Waals surface area contributed by atoms with Gasteiger partial charge in [0.2, 0.25) is 0 Å². The van der Waals surface area contributed by atoms with Crippen LogP contribution >= 0.6 is 11.6 Å². The number of hydrogen-bond acceptors (Lipinski definition) is 4. The fourth-order valence-corrected chi connectivity index (χ4v) is 3.24. The summed E-state index contributed by atoms with van der Waals surface area (Å²) in [6.07, 6.45) is 0. The van der Waals surface area contributed by atoms with Crippen LogP contribution in [-0.2, 0) is 13.7 Å². The Morgan fingerprint density at radius 2 is 1.72 bits per heavy atom. The van der Waals surface area contributed by atoms with Crippen LogP contribution < -0.4 is 10.4 Å². The average molecular weight is 407 g/mol. The molecule has 0 fully saturated rings. The second kappa shape index (κ2) is 7.93. The number of benzene rings is 3. The normalized spacial score (nSPS) is 10.9. The summed E-state index contributed by atoms with van der Waals surface area (Å²) in [4.78, 5) is 12.2. The number of hydrogen-bond donors (Lipinski definition) is 0. The Labute approximate surface area is 172 Å². The van der Waals surface area contributed by atoms with Crippen molar-refractivity contribution in [2.24, 2.45) is 7.05 Å². The van der Waals surface area contributed by atoms with Crippen molar-refractivity contribution in [3.8, 4) is 22.6 Å². The molecule has 3 aromatic carbocycles. The van der Waals surface area contributed by atoms with Crippen molar-refractivity contribution in [3.63, 3.8) is 0 Å². The van der Waals surface area contributed by atoms with Crippen LogP contribution in [0.5, 0.6) is 5.75 Å². The summed E-state index contributed by atoms with van der Waals surface area (Å²) in [5, 5.41) is 8.17. The van der Waals surface area contributed by atoms with E-state index in [2.05, 4.69) is 41.6 Å². The van der Waals surface area contributed by atoms with E-state index < -0.39 is 0 Å². The van der Waals surface area contributed by atoms with Crippen molar-refractivity contribution < 1.29 is 4.74 Å². The molecule has 4 rings (SSSR count). The standard InChI is InChI=1S/C22H19ClN4O2/c1-15-9-11-16(12-10-15)17-5-3-6-18(13-17)29-14-19-20(23)7-4-8-21(19)27-22(28)26(2)24-25-27/h3-13H,14H2,1-2H3. The molecule has 1 heterocycles. The quantitative estimate of drug-likeness (QED) is 0.499. The summed E-state index contributed by atoms with van der Waals surface area (Å²) in [5.74, 6) is 0.709. The molecule has 0 aliphatic heterocycles. The molecular formula is C22H19ClN4O2. The van der Waals surface area contributed by atoms with E-state index in [-0.39, 0.29) is 12.3 Å². The average Bonchev–Trinajstić information content (AvgIpc) is 3.06. The number of aromatic nitrogens is 4. The van der Waals surface area contributed by atoms with Crippen LogP contribution in [0.15, 0.2) is 71.5 Å². The molecule has 0 spiro atoms. The van der Waals surface area contributed by atoms with E-state index in [1.807, 2.05) is 24.3 Å². The molecule has 0 saturated carbocycles. The van der Waals surface area contributed by atoms with E-state index in [1.165, 1.54) is 10.2 Å². The van der Waals surface area contributed by atoms with Crippen molar-refractivity contribution in [1.82, 2.24) is 19.8 Å². The predicted molar refractivity (Wildman–Crippen MR) is 113 cm³/mol. The number of aryl methyl sites for hydroxylation is 2. The largest absolute Gasteiger partial charge is 0.489 e. The second-order valence-electron chi connectivity index (χ2n) is 6.72. The van der Waals surface area contributed by atoms with Gasteiger partial charge in [-0.15, -0.1) is 0 Å². The van der Waals surface area contributed by atoms with Crippen LogP contribution in [0.1, 0.15) is 11.1 Å². The van der Waals surface area contributed by atoms with Gasteiger partial charge in [-0.25, -0.2) is 4.79 Å². The number of rotatable bonds is 5. The van der Waals surface area contributed by atoms with Gasteiger partial charge in [-0.2, -0.15) is 9.36 Å². The van der Waals surface area contributed by atoms with Crippen LogP contribution in [0.25, 0.3) is 16.8 Å². The summed E-state index contributed by atoms with van der Waals surface area (Å²) in [6, 6.07) is 21.5. The Balaban J connectivity index is 1.62. The van der Waals surface area contributed by atoms with E-state index in [4.69, 9.17) is 16.3 Å². The van der Waals surface area contributed by atoms with Gasteiger partial charge in [0.15, 0.2) is 0 Å². The molecular weight excluding hydrogens is 388 g/mol. The molecule has 0 amide bonds. The molecule has 7 heteroatoms. The zero-order valence-corrected chi connectivity index (χ0v) is 16.8. The monoisotopic (exact) mass is 406 g/mol. The van der Waals surface area contributed by atoms with Gasteiger partial charge in [0.05, 0.1) is 5.69 Å². The van der Waals surface area contributed by atoms with Gasteiger partial charge in [-0.05, 0) is 52.7 Å². The second-order valence-corrected chi connectivity index (χ2v) is 7.12. The van der Waals surface area contributed by atoms with Crippen LogP contribution in [0.3, 0.4) is 0 Å². The van der Waals surface area contributed by atoms with Gasteiger partial charge >= 0.3 is 5.69 Å². The Bertz CT molecular complexity index is 1210. The van der Waals surface area contributed by atoms with Gasteiger partial charge in [0, 0.05) is 17.6 Å². The molecule has 0 unspecified atom stereocenters. The molecule has 4 aromatic rings. The van der Waals surface area contributed by atoms with E-state index in [9.17, 15) is 4.79 Å². The molecule has 0 saturated heterocycles. The maximum Gasteiger partial charge on any atom is 0.368 e. The Morgan fingerprint density at radius 3 is 2.45 bits per heavy atom. The third-order valence-electron chi connectivity index (χ3n) is 4.65. The molecule has 0 bridgehead atoms. The zero-order valence-electron chi connectivity index (χ0n) is 16.0. The van der Waals surface area contributed by atoms with E-state index in [0.717, 1.165) is 15.8 Å². The van der Waals surface area contributed by atoms with Crippen LogP contribution in [-0.4, -0.2) is 19.8 Å². The lowest BCUT2D eigenvalue weighted by Crippen LogP contribution is -2.23. The molecule has 1 aromatic heterocycles. The van der Waals surface area contributed by atoms with Gasteiger partial charge in [-0.1, -0.05) is 59.6 Å². The van der Waals surface area contributed by atoms with Crippen molar-refractivity contribution in [2.45, 2.75) is 13.5 Å². The summed E-state index contributed by atoms with van der Waals surface area (Å²) < 4.78 is 8.39. The van der Waals surface area contributed by atoms with Gasteiger partial charge in [0.25, 0.3) is 0 Å². The van der Waals surface area contributed by atoms with E-state index in [0.29, 0.717) is 22.0 Å². The highest BCUT2D eigenvalue weighted by Crippen LogP contribution is 2.27. The Hall–Kier alpha value is -3.38. The van der Waals surface area contributed by atoms with Crippen molar-refractivity contribution >= 4 is 11.6 Å². The highest BCUT2D eigenvalue weighted by molar-refractivity contribution is 6.31. The summed E-state index contributed by atoms with van der Waals surface area (Å²) >= 11 is 6.40. The van der Waals surface area contributed by atoms with Gasteiger partial charge in [-0.3, -0.25) is 0 Å². The lowest BCUT2D eigenvalue weighted by molar-refractivity contribution is 0.306. The molecule has 0 atom stereocenters. The van der Waals surface area contributed by atoms with Crippen LogP contribution in [0.2, 0.25) is 5.02 Å². The molecule has 146 valence electrons. The number of ether oxygens (including phenoxy) is 1. The first-order valence-electron chi connectivity index (χ1n) is 9.09. The Morgan fingerprint density at radius 1 is 0.966 bits per heavy atom. The van der Waals surface area contributed by atoms with Crippen molar-refractivity contribution in [3.05, 3.63) is 93.4 Å².